The highest BCUT2D eigenvalue weighted by atomic mass is 16.3. The molecule has 1 N–H and O–H groups in total. The van der Waals surface area contributed by atoms with Gasteiger partial charge in [0.25, 0.3) is 5.56 Å². The molecule has 0 spiro atoms. The van der Waals surface area contributed by atoms with Crippen LogP contribution in [0.15, 0.2) is 47.4 Å². The van der Waals surface area contributed by atoms with Gasteiger partial charge >= 0.3 is 0 Å². The summed E-state index contributed by atoms with van der Waals surface area (Å²) in [6.07, 6.45) is 1.06. The summed E-state index contributed by atoms with van der Waals surface area (Å²) >= 11 is 0. The lowest BCUT2D eigenvalue weighted by Crippen LogP contribution is -2.28. The number of aliphatic hydroxyl groups excluding tert-OH is 1. The van der Waals surface area contributed by atoms with Gasteiger partial charge in [-0.15, -0.1) is 0 Å². The summed E-state index contributed by atoms with van der Waals surface area (Å²) in [5.41, 5.74) is 1.73. The first-order valence-corrected chi connectivity index (χ1v) is 6.56. The van der Waals surface area contributed by atoms with Gasteiger partial charge in [-0.05, 0) is 12.5 Å². The highest BCUT2D eigenvalue weighted by molar-refractivity contribution is 5.42. The fourth-order valence-corrected chi connectivity index (χ4v) is 1.97. The molecule has 1 unspecified atom stereocenters. The van der Waals surface area contributed by atoms with Gasteiger partial charge in [-0.2, -0.15) is 5.10 Å². The van der Waals surface area contributed by atoms with Crippen LogP contribution in [0.4, 0.5) is 5.69 Å². The molecule has 5 nitrogen and oxygen atoms in total. The van der Waals surface area contributed by atoms with E-state index in [-0.39, 0.29) is 12.1 Å². The van der Waals surface area contributed by atoms with E-state index < -0.39 is 6.10 Å². The summed E-state index contributed by atoms with van der Waals surface area (Å²) in [5.74, 6) is 0. The molecular formula is C15H19N3O2. The zero-order valence-electron chi connectivity index (χ0n) is 11.7. The van der Waals surface area contributed by atoms with E-state index in [1.165, 1.54) is 10.2 Å². The maximum Gasteiger partial charge on any atom is 0.268 e. The third-order valence-corrected chi connectivity index (χ3v) is 3.00. The fourth-order valence-electron chi connectivity index (χ4n) is 1.97. The van der Waals surface area contributed by atoms with E-state index in [2.05, 4.69) is 5.10 Å². The van der Waals surface area contributed by atoms with E-state index in [0.717, 1.165) is 5.69 Å². The smallest absolute Gasteiger partial charge is 0.268 e. The number of rotatable bonds is 5. The van der Waals surface area contributed by atoms with Crippen molar-refractivity contribution in [3.05, 3.63) is 58.5 Å². The lowest BCUT2D eigenvalue weighted by molar-refractivity contribution is 0.166. The van der Waals surface area contributed by atoms with Crippen LogP contribution in [0.2, 0.25) is 0 Å². The van der Waals surface area contributed by atoms with Gasteiger partial charge in [0.05, 0.1) is 24.5 Å². The number of aliphatic hydroxyl groups is 1. The second kappa shape index (κ2) is 6.34. The van der Waals surface area contributed by atoms with E-state index in [0.29, 0.717) is 6.54 Å². The van der Waals surface area contributed by atoms with Crippen molar-refractivity contribution in [1.82, 2.24) is 9.78 Å². The molecule has 1 aromatic heterocycles. The van der Waals surface area contributed by atoms with Gasteiger partial charge < -0.3 is 10.0 Å². The van der Waals surface area contributed by atoms with E-state index in [9.17, 15) is 9.90 Å². The first-order valence-electron chi connectivity index (χ1n) is 6.56. The summed E-state index contributed by atoms with van der Waals surface area (Å²) < 4.78 is 1.27. The predicted octanol–water partition coefficient (Wildman–Crippen LogP) is 1.26. The quantitative estimate of drug-likeness (QED) is 0.891. The van der Waals surface area contributed by atoms with Gasteiger partial charge in [-0.25, -0.2) is 4.68 Å². The van der Waals surface area contributed by atoms with Crippen molar-refractivity contribution in [2.24, 2.45) is 0 Å². The molecule has 1 aromatic carbocycles. The monoisotopic (exact) mass is 273 g/mol. The lowest BCUT2D eigenvalue weighted by Gasteiger charge is -2.19. The molecule has 1 heterocycles. The molecule has 2 rings (SSSR count). The van der Waals surface area contributed by atoms with Crippen molar-refractivity contribution in [3.8, 4) is 0 Å². The maximum absolute atomic E-state index is 11.9. The lowest BCUT2D eigenvalue weighted by atomic mass is 10.2. The van der Waals surface area contributed by atoms with Crippen LogP contribution in [0.5, 0.6) is 0 Å². The minimum atomic E-state index is -0.590. The molecule has 0 fully saturated rings. The molecule has 106 valence electrons. The third kappa shape index (κ3) is 3.68. The van der Waals surface area contributed by atoms with Gasteiger partial charge in [-0.1, -0.05) is 30.3 Å². The van der Waals surface area contributed by atoms with E-state index >= 15 is 0 Å². The molecule has 0 bridgehead atoms. The number of hydrogen-bond acceptors (Lipinski definition) is 4. The molecule has 0 aliphatic rings. The van der Waals surface area contributed by atoms with E-state index in [4.69, 9.17) is 0 Å². The minimum absolute atomic E-state index is 0.205. The van der Waals surface area contributed by atoms with Crippen molar-refractivity contribution >= 4 is 5.69 Å². The molecule has 0 saturated heterocycles. The van der Waals surface area contributed by atoms with Gasteiger partial charge in [0, 0.05) is 19.7 Å². The van der Waals surface area contributed by atoms with Crippen LogP contribution in [0, 0.1) is 0 Å². The van der Waals surface area contributed by atoms with Crippen molar-refractivity contribution < 1.29 is 5.11 Å². The van der Waals surface area contributed by atoms with Crippen LogP contribution in [0.3, 0.4) is 0 Å². The summed E-state index contributed by atoms with van der Waals surface area (Å²) in [5, 5.41) is 13.4. The van der Waals surface area contributed by atoms with Gasteiger partial charge in [0.1, 0.15) is 0 Å². The van der Waals surface area contributed by atoms with Crippen molar-refractivity contribution in [2.45, 2.75) is 26.1 Å². The van der Waals surface area contributed by atoms with E-state index in [1.54, 1.807) is 19.2 Å². The van der Waals surface area contributed by atoms with Gasteiger partial charge in [0.2, 0.25) is 0 Å². The Morgan fingerprint density at radius 1 is 1.35 bits per heavy atom. The Morgan fingerprint density at radius 3 is 2.65 bits per heavy atom. The van der Waals surface area contributed by atoms with Crippen molar-refractivity contribution in [1.29, 1.82) is 0 Å². The molecule has 0 radical (unpaired) electrons. The predicted molar refractivity (Wildman–Crippen MR) is 78.7 cm³/mol. The number of benzene rings is 1. The highest BCUT2D eigenvalue weighted by Crippen LogP contribution is 2.11. The van der Waals surface area contributed by atoms with Crippen LogP contribution < -0.4 is 10.5 Å². The van der Waals surface area contributed by atoms with Crippen LogP contribution in [0.1, 0.15) is 12.5 Å². The molecule has 2 aromatic rings. The summed E-state index contributed by atoms with van der Waals surface area (Å²) in [6, 6.07) is 11.6. The molecule has 5 heteroatoms. The van der Waals surface area contributed by atoms with E-state index in [1.807, 2.05) is 42.3 Å². The highest BCUT2D eigenvalue weighted by Gasteiger charge is 2.07. The summed E-state index contributed by atoms with van der Waals surface area (Å²) in [7, 11) is 1.92. The van der Waals surface area contributed by atoms with Crippen LogP contribution in [-0.2, 0) is 13.1 Å². The molecular weight excluding hydrogens is 254 g/mol. The zero-order valence-corrected chi connectivity index (χ0v) is 11.7. The number of nitrogens with zero attached hydrogens (tertiary/aromatic N) is 3. The Kier molecular flexibility index (Phi) is 4.53. The average Bonchev–Trinajstić information content (AvgIpc) is 2.41. The maximum atomic E-state index is 11.9. The molecule has 0 aliphatic carbocycles. The Balaban J connectivity index is 2.13. The number of aromatic nitrogens is 2. The molecule has 20 heavy (non-hydrogen) atoms. The Hall–Kier alpha value is -2.14. The minimum Gasteiger partial charge on any atom is -0.391 e. The van der Waals surface area contributed by atoms with Crippen molar-refractivity contribution in [2.75, 3.05) is 11.9 Å². The largest absolute Gasteiger partial charge is 0.391 e. The number of hydrogen-bond donors (Lipinski definition) is 1. The summed E-state index contributed by atoms with van der Waals surface area (Å²) in [4.78, 5) is 13.9. The molecule has 0 saturated carbocycles. The topological polar surface area (TPSA) is 58.4 Å². The Morgan fingerprint density at radius 2 is 2.05 bits per heavy atom. The molecule has 0 amide bonds. The average molecular weight is 273 g/mol. The Bertz CT molecular complexity index is 608. The standard InChI is InChI=1S/C15H19N3O2/c1-12(19)10-18-15(20)8-14(9-16-18)17(2)11-13-6-4-3-5-7-13/h3-9,12,19H,10-11H2,1-2H3. The van der Waals surface area contributed by atoms with Crippen LogP contribution >= 0.6 is 0 Å². The normalized spacial score (nSPS) is 12.2. The second-order valence-electron chi connectivity index (χ2n) is 4.92. The number of anilines is 1. The van der Waals surface area contributed by atoms with Crippen LogP contribution in [-0.4, -0.2) is 28.0 Å². The molecule has 1 atom stereocenters. The Labute approximate surface area is 118 Å². The first-order chi connectivity index (χ1) is 9.56. The first kappa shape index (κ1) is 14.3. The van der Waals surface area contributed by atoms with Crippen LogP contribution in [0.25, 0.3) is 0 Å². The van der Waals surface area contributed by atoms with Crippen molar-refractivity contribution in [3.63, 3.8) is 0 Å². The third-order valence-electron chi connectivity index (χ3n) is 3.00. The summed E-state index contributed by atoms with van der Waals surface area (Å²) in [6.45, 7) is 2.55. The second-order valence-corrected chi connectivity index (χ2v) is 4.92. The molecule has 0 aliphatic heterocycles. The fraction of sp³-hybridized carbons (Fsp3) is 0.333. The SMILES string of the molecule is CC(O)Cn1ncc(N(C)Cc2ccccc2)cc1=O. The van der Waals surface area contributed by atoms with Gasteiger partial charge in [-0.3, -0.25) is 4.79 Å². The van der Waals surface area contributed by atoms with Gasteiger partial charge in [0.15, 0.2) is 0 Å². The zero-order chi connectivity index (χ0) is 14.5.